The van der Waals surface area contributed by atoms with Gasteiger partial charge in [-0.05, 0) is 32.0 Å². The smallest absolute Gasteiger partial charge is 0.248 e. The SMILES string of the molecule is O=C(NCc1cscn1)C1(n2cccn2)CCNCC1. The largest absolute Gasteiger partial charge is 0.348 e. The van der Waals surface area contributed by atoms with E-state index in [2.05, 4.69) is 20.7 Å². The monoisotopic (exact) mass is 291 g/mol. The molecule has 0 saturated carbocycles. The first-order chi connectivity index (χ1) is 9.81. The third kappa shape index (κ3) is 2.46. The third-order valence-electron chi connectivity index (χ3n) is 3.71. The Kier molecular flexibility index (Phi) is 3.79. The second-order valence-electron chi connectivity index (χ2n) is 4.89. The fourth-order valence-electron chi connectivity index (χ4n) is 2.58. The Balaban J connectivity index is 1.77. The number of piperidine rings is 1. The van der Waals surface area contributed by atoms with E-state index in [1.807, 2.05) is 17.6 Å². The number of nitrogens with one attached hydrogen (secondary N) is 2. The summed E-state index contributed by atoms with van der Waals surface area (Å²) in [4.78, 5) is 16.9. The van der Waals surface area contributed by atoms with Crippen LogP contribution in [0.3, 0.4) is 0 Å². The van der Waals surface area contributed by atoms with Crippen molar-refractivity contribution in [1.82, 2.24) is 25.4 Å². The summed E-state index contributed by atoms with van der Waals surface area (Å²) in [6.07, 6.45) is 5.08. The molecule has 0 unspecified atom stereocenters. The van der Waals surface area contributed by atoms with E-state index in [1.165, 1.54) is 11.3 Å². The van der Waals surface area contributed by atoms with E-state index in [1.54, 1.807) is 16.4 Å². The number of thiazole rings is 1. The Bertz CT molecular complexity index is 545. The van der Waals surface area contributed by atoms with Crippen molar-refractivity contribution in [2.45, 2.75) is 24.9 Å². The molecule has 6 nitrogen and oxygen atoms in total. The van der Waals surface area contributed by atoms with E-state index >= 15 is 0 Å². The molecule has 2 aromatic rings. The second-order valence-corrected chi connectivity index (χ2v) is 5.61. The maximum atomic E-state index is 12.7. The van der Waals surface area contributed by atoms with Gasteiger partial charge in [0, 0.05) is 17.8 Å². The highest BCUT2D eigenvalue weighted by Crippen LogP contribution is 2.27. The van der Waals surface area contributed by atoms with Crippen LogP contribution in [-0.2, 0) is 16.9 Å². The van der Waals surface area contributed by atoms with Crippen molar-refractivity contribution in [2.24, 2.45) is 0 Å². The summed E-state index contributed by atoms with van der Waals surface area (Å²) in [5.41, 5.74) is 2.09. The summed E-state index contributed by atoms with van der Waals surface area (Å²) < 4.78 is 1.80. The van der Waals surface area contributed by atoms with Crippen LogP contribution in [0.2, 0.25) is 0 Å². The van der Waals surface area contributed by atoms with E-state index in [-0.39, 0.29) is 5.91 Å². The summed E-state index contributed by atoms with van der Waals surface area (Å²) in [6.45, 7) is 2.12. The molecule has 7 heteroatoms. The van der Waals surface area contributed by atoms with Crippen molar-refractivity contribution in [3.05, 3.63) is 35.0 Å². The average Bonchev–Trinajstić information content (AvgIpc) is 3.18. The Morgan fingerprint density at radius 2 is 2.35 bits per heavy atom. The number of carbonyl (C=O) groups excluding carboxylic acids is 1. The summed E-state index contributed by atoms with van der Waals surface area (Å²) in [6, 6.07) is 1.86. The molecule has 106 valence electrons. The molecule has 2 aromatic heterocycles. The maximum absolute atomic E-state index is 12.7. The normalized spacial score (nSPS) is 17.8. The number of aromatic nitrogens is 3. The Labute approximate surface area is 121 Å². The molecule has 0 radical (unpaired) electrons. The minimum absolute atomic E-state index is 0.0238. The minimum Gasteiger partial charge on any atom is -0.348 e. The predicted molar refractivity (Wildman–Crippen MR) is 76.3 cm³/mol. The van der Waals surface area contributed by atoms with Crippen molar-refractivity contribution >= 4 is 17.2 Å². The van der Waals surface area contributed by atoms with Gasteiger partial charge in [-0.15, -0.1) is 11.3 Å². The second kappa shape index (κ2) is 5.72. The van der Waals surface area contributed by atoms with Crippen LogP contribution in [0.5, 0.6) is 0 Å². The molecule has 1 saturated heterocycles. The number of hydrogen-bond acceptors (Lipinski definition) is 5. The van der Waals surface area contributed by atoms with E-state index in [9.17, 15) is 4.79 Å². The van der Waals surface area contributed by atoms with Gasteiger partial charge >= 0.3 is 0 Å². The lowest BCUT2D eigenvalue weighted by Crippen LogP contribution is -2.54. The van der Waals surface area contributed by atoms with Crippen LogP contribution in [-0.4, -0.2) is 33.8 Å². The van der Waals surface area contributed by atoms with Gasteiger partial charge in [-0.2, -0.15) is 5.10 Å². The molecule has 1 aliphatic rings. The molecule has 1 aliphatic heterocycles. The maximum Gasteiger partial charge on any atom is 0.248 e. The summed E-state index contributed by atoms with van der Waals surface area (Å²) in [5, 5.41) is 12.5. The van der Waals surface area contributed by atoms with E-state index < -0.39 is 5.54 Å². The lowest BCUT2D eigenvalue weighted by molar-refractivity contribution is -0.132. The van der Waals surface area contributed by atoms with Gasteiger partial charge in [-0.1, -0.05) is 0 Å². The van der Waals surface area contributed by atoms with Gasteiger partial charge in [0.15, 0.2) is 0 Å². The highest BCUT2D eigenvalue weighted by molar-refractivity contribution is 7.07. The minimum atomic E-state index is -0.579. The van der Waals surface area contributed by atoms with E-state index in [0.717, 1.165) is 31.6 Å². The third-order valence-corrected chi connectivity index (χ3v) is 4.35. The molecule has 0 bridgehead atoms. The topological polar surface area (TPSA) is 71.8 Å². The Morgan fingerprint density at radius 1 is 1.50 bits per heavy atom. The predicted octanol–water partition coefficient (Wildman–Crippen LogP) is 0.735. The standard InChI is InChI=1S/C13H17N5OS/c19-12(15-8-11-9-20-10-16-11)13(2-5-14-6-3-13)18-7-1-4-17-18/h1,4,7,9-10,14H,2-3,5-6,8H2,(H,15,19). The van der Waals surface area contributed by atoms with Crippen molar-refractivity contribution in [2.75, 3.05) is 13.1 Å². The summed E-state index contributed by atoms with van der Waals surface area (Å²) in [5.74, 6) is 0.0238. The van der Waals surface area contributed by atoms with Crippen LogP contribution in [0.25, 0.3) is 0 Å². The zero-order valence-electron chi connectivity index (χ0n) is 11.1. The van der Waals surface area contributed by atoms with Gasteiger partial charge in [0.1, 0.15) is 5.54 Å². The highest BCUT2D eigenvalue weighted by atomic mass is 32.1. The van der Waals surface area contributed by atoms with Gasteiger partial charge in [-0.25, -0.2) is 4.98 Å². The van der Waals surface area contributed by atoms with Crippen LogP contribution >= 0.6 is 11.3 Å². The molecule has 1 amide bonds. The first kappa shape index (κ1) is 13.3. The molecule has 2 N–H and O–H groups in total. The lowest BCUT2D eigenvalue weighted by atomic mass is 9.87. The van der Waals surface area contributed by atoms with Gasteiger partial charge in [-0.3, -0.25) is 9.48 Å². The highest BCUT2D eigenvalue weighted by Gasteiger charge is 2.41. The zero-order valence-corrected chi connectivity index (χ0v) is 11.9. The van der Waals surface area contributed by atoms with Crippen LogP contribution in [0.4, 0.5) is 0 Å². The van der Waals surface area contributed by atoms with E-state index in [0.29, 0.717) is 6.54 Å². The number of hydrogen-bond donors (Lipinski definition) is 2. The molecular formula is C13H17N5OS. The zero-order chi connectivity index (χ0) is 13.8. The molecule has 0 aromatic carbocycles. The lowest BCUT2D eigenvalue weighted by Gasteiger charge is -2.36. The van der Waals surface area contributed by atoms with Crippen molar-refractivity contribution in [3.8, 4) is 0 Å². The van der Waals surface area contributed by atoms with E-state index in [4.69, 9.17) is 0 Å². The summed E-state index contributed by atoms with van der Waals surface area (Å²) >= 11 is 1.53. The van der Waals surface area contributed by atoms with Crippen LogP contribution in [0.1, 0.15) is 18.5 Å². The Morgan fingerprint density at radius 3 is 3.00 bits per heavy atom. The number of amides is 1. The molecule has 3 heterocycles. The number of nitrogens with zero attached hydrogens (tertiary/aromatic N) is 3. The van der Waals surface area contributed by atoms with Crippen LogP contribution in [0.15, 0.2) is 29.4 Å². The van der Waals surface area contributed by atoms with Gasteiger partial charge in [0.25, 0.3) is 0 Å². The molecule has 1 fully saturated rings. The number of rotatable bonds is 4. The van der Waals surface area contributed by atoms with Gasteiger partial charge < -0.3 is 10.6 Å². The molecular weight excluding hydrogens is 274 g/mol. The molecule has 0 spiro atoms. The van der Waals surface area contributed by atoms with Gasteiger partial charge in [0.2, 0.25) is 5.91 Å². The first-order valence-corrected chi connectivity index (χ1v) is 7.62. The van der Waals surface area contributed by atoms with Crippen molar-refractivity contribution in [3.63, 3.8) is 0 Å². The quantitative estimate of drug-likeness (QED) is 0.871. The first-order valence-electron chi connectivity index (χ1n) is 6.67. The fraction of sp³-hybridized carbons (Fsp3) is 0.462. The molecule has 0 aliphatic carbocycles. The van der Waals surface area contributed by atoms with Crippen molar-refractivity contribution < 1.29 is 4.79 Å². The molecule has 20 heavy (non-hydrogen) atoms. The van der Waals surface area contributed by atoms with Gasteiger partial charge in [0.05, 0.1) is 17.7 Å². The average molecular weight is 291 g/mol. The molecule has 3 rings (SSSR count). The molecule has 0 atom stereocenters. The Hall–Kier alpha value is -1.73. The van der Waals surface area contributed by atoms with Crippen molar-refractivity contribution in [1.29, 1.82) is 0 Å². The van der Waals surface area contributed by atoms with Crippen LogP contribution in [0, 0.1) is 0 Å². The fourth-order valence-corrected chi connectivity index (χ4v) is 3.14. The van der Waals surface area contributed by atoms with Crippen LogP contribution < -0.4 is 10.6 Å². The number of carbonyl (C=O) groups is 1. The summed E-state index contributed by atoms with van der Waals surface area (Å²) in [7, 11) is 0.